The fraction of sp³-hybridized carbons (Fsp3) is 0.385. The van der Waals surface area contributed by atoms with Gasteiger partial charge in [-0.15, -0.1) is 0 Å². The fourth-order valence-electron chi connectivity index (χ4n) is 1.93. The van der Waals surface area contributed by atoms with Gasteiger partial charge in [-0.2, -0.15) is 5.10 Å². The number of pyridine rings is 1. The van der Waals surface area contributed by atoms with Crippen molar-refractivity contribution in [3.63, 3.8) is 0 Å². The first-order valence-electron chi connectivity index (χ1n) is 6.15. The normalized spacial score (nSPS) is 12.6. The molecule has 1 N–H and O–H groups in total. The molecule has 0 bridgehead atoms. The van der Waals surface area contributed by atoms with Gasteiger partial charge in [0, 0.05) is 7.05 Å². The van der Waals surface area contributed by atoms with E-state index in [4.69, 9.17) is 0 Å². The summed E-state index contributed by atoms with van der Waals surface area (Å²) >= 11 is 3.50. The number of nitrogens with zero attached hydrogens (tertiary/aromatic N) is 3. The second-order valence-electron chi connectivity index (χ2n) is 4.29. The Morgan fingerprint density at radius 3 is 2.74 bits per heavy atom. The summed E-state index contributed by atoms with van der Waals surface area (Å²) in [6.07, 6.45) is 3.99. The molecule has 1 atom stereocenters. The Morgan fingerprint density at radius 2 is 2.21 bits per heavy atom. The zero-order chi connectivity index (χ0) is 13.8. The first kappa shape index (κ1) is 14.1. The molecule has 2 rings (SSSR count). The molecule has 0 aliphatic rings. The van der Waals surface area contributed by atoms with Crippen LogP contribution in [0.2, 0.25) is 0 Å². The largest absolute Gasteiger partial charge is 0.304 e. The predicted molar refractivity (Wildman–Crippen MR) is 75.2 cm³/mol. The topological polar surface area (TPSA) is 42.7 Å². The average Bonchev–Trinajstić information content (AvgIpc) is 2.73. The minimum atomic E-state index is -0.331. The third-order valence-corrected chi connectivity index (χ3v) is 3.47. The Bertz CT molecular complexity index is 519. The molecule has 0 aromatic carbocycles. The first-order valence-corrected chi connectivity index (χ1v) is 6.95. The van der Waals surface area contributed by atoms with Crippen LogP contribution in [0.4, 0.5) is 4.39 Å². The van der Waals surface area contributed by atoms with Crippen molar-refractivity contribution in [2.75, 3.05) is 6.54 Å². The summed E-state index contributed by atoms with van der Waals surface area (Å²) in [5.41, 5.74) is 1.76. The van der Waals surface area contributed by atoms with Crippen LogP contribution in [0.25, 0.3) is 0 Å². The van der Waals surface area contributed by atoms with E-state index in [1.165, 1.54) is 12.3 Å². The van der Waals surface area contributed by atoms with E-state index in [-0.39, 0.29) is 11.9 Å². The van der Waals surface area contributed by atoms with Crippen LogP contribution in [0.5, 0.6) is 0 Å². The van der Waals surface area contributed by atoms with Gasteiger partial charge in [-0.1, -0.05) is 6.92 Å². The second-order valence-corrected chi connectivity index (χ2v) is 5.14. The molecule has 0 fully saturated rings. The molecule has 4 nitrogen and oxygen atoms in total. The van der Waals surface area contributed by atoms with Crippen molar-refractivity contribution in [3.8, 4) is 0 Å². The molecule has 2 heterocycles. The summed E-state index contributed by atoms with van der Waals surface area (Å²) in [5, 5.41) is 7.63. The minimum Gasteiger partial charge on any atom is -0.304 e. The van der Waals surface area contributed by atoms with E-state index in [0.29, 0.717) is 0 Å². The summed E-state index contributed by atoms with van der Waals surface area (Å²) in [6.45, 7) is 2.95. The molecular weight excluding hydrogens is 311 g/mol. The average molecular weight is 327 g/mol. The maximum Gasteiger partial charge on any atom is 0.141 e. The summed E-state index contributed by atoms with van der Waals surface area (Å²) in [6, 6.07) is 3.01. The Hall–Kier alpha value is -1.27. The van der Waals surface area contributed by atoms with Gasteiger partial charge >= 0.3 is 0 Å². The molecule has 102 valence electrons. The molecule has 0 saturated carbocycles. The smallest absolute Gasteiger partial charge is 0.141 e. The highest BCUT2D eigenvalue weighted by molar-refractivity contribution is 9.10. The van der Waals surface area contributed by atoms with Crippen LogP contribution in [-0.4, -0.2) is 21.3 Å². The van der Waals surface area contributed by atoms with Crippen LogP contribution in [0.3, 0.4) is 0 Å². The molecule has 1 unspecified atom stereocenters. The number of rotatable bonds is 5. The van der Waals surface area contributed by atoms with E-state index < -0.39 is 0 Å². The van der Waals surface area contributed by atoms with Gasteiger partial charge in [-0.05, 0) is 41.0 Å². The van der Waals surface area contributed by atoms with Crippen LogP contribution < -0.4 is 5.32 Å². The molecule has 0 aliphatic carbocycles. The Labute approximate surface area is 120 Å². The van der Waals surface area contributed by atoms with Crippen molar-refractivity contribution < 1.29 is 4.39 Å². The molecule has 0 aliphatic heterocycles. The van der Waals surface area contributed by atoms with Gasteiger partial charge in [-0.3, -0.25) is 9.67 Å². The number of hydrogen-bond acceptors (Lipinski definition) is 3. The van der Waals surface area contributed by atoms with Gasteiger partial charge in [0.05, 0.1) is 34.3 Å². The molecule has 0 radical (unpaired) electrons. The van der Waals surface area contributed by atoms with Crippen LogP contribution in [0.15, 0.2) is 29.0 Å². The number of hydrogen-bond donors (Lipinski definition) is 1. The molecule has 6 heteroatoms. The van der Waals surface area contributed by atoms with E-state index in [9.17, 15) is 4.39 Å². The standard InChI is InChI=1S/C13H16BrFN4/c1-3-6-16-12(11-5-4-9(15)7-17-11)13-10(14)8-18-19(13)2/h4-5,7-8,12,16H,3,6H2,1-2H3. The lowest BCUT2D eigenvalue weighted by Gasteiger charge is -2.19. The first-order chi connectivity index (χ1) is 9.13. The summed E-state index contributed by atoms with van der Waals surface area (Å²) in [7, 11) is 1.88. The van der Waals surface area contributed by atoms with E-state index in [1.54, 1.807) is 16.9 Å². The minimum absolute atomic E-state index is 0.109. The summed E-state index contributed by atoms with van der Waals surface area (Å²) < 4.78 is 15.7. The number of aryl methyl sites for hydroxylation is 1. The van der Waals surface area contributed by atoms with Gasteiger partial charge in [0.25, 0.3) is 0 Å². The molecule has 0 spiro atoms. The lowest BCUT2D eigenvalue weighted by atomic mass is 10.1. The van der Waals surface area contributed by atoms with Crippen molar-refractivity contribution in [3.05, 3.63) is 46.2 Å². The third-order valence-electron chi connectivity index (χ3n) is 2.86. The SMILES string of the molecule is CCCNC(c1ccc(F)cn1)c1c(Br)cnn1C. The lowest BCUT2D eigenvalue weighted by molar-refractivity contribution is 0.538. The van der Waals surface area contributed by atoms with Gasteiger partial charge in [0.2, 0.25) is 0 Å². The van der Waals surface area contributed by atoms with Crippen LogP contribution in [0.1, 0.15) is 30.8 Å². The third kappa shape index (κ3) is 3.19. The zero-order valence-electron chi connectivity index (χ0n) is 10.9. The van der Waals surface area contributed by atoms with Gasteiger partial charge in [-0.25, -0.2) is 4.39 Å². The second kappa shape index (κ2) is 6.25. The number of nitrogens with one attached hydrogen (secondary N) is 1. The van der Waals surface area contributed by atoms with Crippen LogP contribution in [-0.2, 0) is 7.05 Å². The molecule has 2 aromatic heterocycles. The van der Waals surface area contributed by atoms with E-state index >= 15 is 0 Å². The van der Waals surface area contributed by atoms with Gasteiger partial charge in [0.15, 0.2) is 0 Å². The predicted octanol–water partition coefficient (Wildman–Crippen LogP) is 2.81. The highest BCUT2D eigenvalue weighted by Gasteiger charge is 2.21. The van der Waals surface area contributed by atoms with Crippen molar-refractivity contribution >= 4 is 15.9 Å². The lowest BCUT2D eigenvalue weighted by Crippen LogP contribution is -2.26. The highest BCUT2D eigenvalue weighted by atomic mass is 79.9. The Kier molecular flexibility index (Phi) is 4.66. The summed E-state index contributed by atoms with van der Waals surface area (Å²) in [5.74, 6) is -0.331. The van der Waals surface area contributed by atoms with Crippen molar-refractivity contribution in [1.82, 2.24) is 20.1 Å². The maximum absolute atomic E-state index is 13.0. The molecular formula is C13H16BrFN4. The maximum atomic E-state index is 13.0. The van der Waals surface area contributed by atoms with E-state index in [2.05, 4.69) is 38.3 Å². The highest BCUT2D eigenvalue weighted by Crippen LogP contribution is 2.27. The quantitative estimate of drug-likeness (QED) is 0.918. The molecule has 0 saturated heterocycles. The van der Waals surface area contributed by atoms with Crippen molar-refractivity contribution in [2.24, 2.45) is 7.05 Å². The molecule has 19 heavy (non-hydrogen) atoms. The van der Waals surface area contributed by atoms with E-state index in [0.717, 1.165) is 28.8 Å². The number of aromatic nitrogens is 3. The molecule has 2 aromatic rings. The van der Waals surface area contributed by atoms with Crippen LogP contribution >= 0.6 is 15.9 Å². The van der Waals surface area contributed by atoms with Gasteiger partial charge in [0.1, 0.15) is 5.82 Å². The Balaban J connectivity index is 2.38. The van der Waals surface area contributed by atoms with E-state index in [1.807, 2.05) is 7.05 Å². The zero-order valence-corrected chi connectivity index (χ0v) is 12.5. The van der Waals surface area contributed by atoms with Crippen molar-refractivity contribution in [1.29, 1.82) is 0 Å². The van der Waals surface area contributed by atoms with Crippen LogP contribution in [0, 0.1) is 5.82 Å². The number of halogens is 2. The molecule has 0 amide bonds. The fourth-order valence-corrected chi connectivity index (χ4v) is 2.51. The monoisotopic (exact) mass is 326 g/mol. The van der Waals surface area contributed by atoms with Gasteiger partial charge < -0.3 is 5.32 Å². The van der Waals surface area contributed by atoms with Crippen molar-refractivity contribution in [2.45, 2.75) is 19.4 Å². The Morgan fingerprint density at radius 1 is 1.42 bits per heavy atom. The summed E-state index contributed by atoms with van der Waals surface area (Å²) in [4.78, 5) is 4.17.